The molecular formula is C52H36N2S. The van der Waals surface area contributed by atoms with Gasteiger partial charge in [-0.25, -0.2) is 0 Å². The van der Waals surface area contributed by atoms with Gasteiger partial charge in [0.15, 0.2) is 0 Å². The lowest BCUT2D eigenvalue weighted by Gasteiger charge is -2.28. The van der Waals surface area contributed by atoms with Crippen molar-refractivity contribution in [3.05, 3.63) is 193 Å². The first-order valence-electron chi connectivity index (χ1n) is 19.1. The molecule has 55 heavy (non-hydrogen) atoms. The van der Waals surface area contributed by atoms with Gasteiger partial charge in [0.2, 0.25) is 0 Å². The molecule has 0 spiro atoms. The molecular weight excluding hydrogens is 685 g/mol. The lowest BCUT2D eigenvalue weighted by Crippen LogP contribution is -2.30. The molecule has 0 bridgehead atoms. The Balaban J connectivity index is 1.19. The second-order valence-corrected chi connectivity index (χ2v) is 15.5. The number of hydrogen-bond donors (Lipinski definition) is 0. The third-order valence-corrected chi connectivity index (χ3v) is 12.3. The Labute approximate surface area is 323 Å². The molecule has 0 amide bonds. The van der Waals surface area contributed by atoms with Crippen molar-refractivity contribution in [2.24, 2.45) is 0 Å². The summed E-state index contributed by atoms with van der Waals surface area (Å²) in [6.45, 7) is 0. The number of benzene rings is 8. The molecule has 2 aromatic heterocycles. The maximum Gasteiger partial charge on any atom is 0.0547 e. The van der Waals surface area contributed by atoms with Crippen LogP contribution < -0.4 is 15.5 Å². The zero-order chi connectivity index (χ0) is 36.3. The highest BCUT2D eigenvalue weighted by Gasteiger charge is 2.21. The van der Waals surface area contributed by atoms with Crippen molar-refractivity contribution in [1.82, 2.24) is 4.57 Å². The van der Waals surface area contributed by atoms with Crippen LogP contribution in [0.2, 0.25) is 0 Å². The van der Waals surface area contributed by atoms with Crippen molar-refractivity contribution < 1.29 is 0 Å². The molecule has 11 rings (SSSR count). The zero-order valence-electron chi connectivity index (χ0n) is 30.2. The van der Waals surface area contributed by atoms with Crippen molar-refractivity contribution in [1.29, 1.82) is 0 Å². The van der Waals surface area contributed by atoms with E-state index in [1.54, 1.807) is 0 Å². The molecule has 260 valence electrons. The van der Waals surface area contributed by atoms with Gasteiger partial charge in [-0.3, -0.25) is 0 Å². The molecule has 3 heteroatoms. The van der Waals surface area contributed by atoms with Crippen molar-refractivity contribution >= 4 is 82.4 Å². The normalized spacial score (nSPS) is 12.5. The van der Waals surface area contributed by atoms with E-state index in [0.29, 0.717) is 0 Å². The van der Waals surface area contributed by atoms with E-state index < -0.39 is 0 Å². The molecule has 0 radical (unpaired) electrons. The van der Waals surface area contributed by atoms with Gasteiger partial charge in [0.1, 0.15) is 0 Å². The number of thiophene rings is 1. The van der Waals surface area contributed by atoms with E-state index in [9.17, 15) is 0 Å². The molecule has 0 unspecified atom stereocenters. The highest BCUT2D eigenvalue weighted by molar-refractivity contribution is 7.25. The number of rotatable bonds is 6. The molecule has 10 aromatic rings. The van der Waals surface area contributed by atoms with Crippen LogP contribution in [0.15, 0.2) is 182 Å². The van der Waals surface area contributed by atoms with E-state index in [1.807, 2.05) is 11.3 Å². The van der Waals surface area contributed by atoms with Gasteiger partial charge in [0.05, 0.1) is 11.2 Å². The second-order valence-electron chi connectivity index (χ2n) is 14.4. The number of fused-ring (bicyclic) bond motifs is 7. The Bertz CT molecular complexity index is 3210. The van der Waals surface area contributed by atoms with Crippen LogP contribution in [-0.2, 0) is 0 Å². The summed E-state index contributed by atoms with van der Waals surface area (Å²) in [6, 6.07) is 67.0. The molecule has 1 aliphatic carbocycles. The predicted molar refractivity (Wildman–Crippen MR) is 237 cm³/mol. The molecule has 0 fully saturated rings. The first kappa shape index (κ1) is 31.8. The van der Waals surface area contributed by atoms with Crippen molar-refractivity contribution in [2.75, 3.05) is 4.90 Å². The lowest BCUT2D eigenvalue weighted by atomic mass is 9.94. The molecule has 0 N–H and O–H groups in total. The fourth-order valence-corrected chi connectivity index (χ4v) is 9.67. The number of anilines is 3. The summed E-state index contributed by atoms with van der Waals surface area (Å²) in [5, 5.41) is 9.00. The molecule has 0 saturated carbocycles. The van der Waals surface area contributed by atoms with E-state index in [4.69, 9.17) is 0 Å². The van der Waals surface area contributed by atoms with E-state index in [0.717, 1.165) is 29.9 Å². The van der Waals surface area contributed by atoms with Crippen LogP contribution in [-0.4, -0.2) is 4.57 Å². The highest BCUT2D eigenvalue weighted by Crippen LogP contribution is 2.45. The van der Waals surface area contributed by atoms with Gasteiger partial charge < -0.3 is 9.47 Å². The van der Waals surface area contributed by atoms with Crippen molar-refractivity contribution in [2.45, 2.75) is 12.8 Å². The van der Waals surface area contributed by atoms with E-state index in [1.165, 1.54) is 80.4 Å². The van der Waals surface area contributed by atoms with Gasteiger partial charge in [-0.2, -0.15) is 0 Å². The quantitative estimate of drug-likeness (QED) is 0.166. The molecule has 1 aliphatic rings. The molecule has 0 atom stereocenters. The number of aromatic nitrogens is 1. The molecule has 0 saturated heterocycles. The standard InChI is InChI=1S/C52H36N2S/c1-3-15-40(16-4-1)53(42-27-30-52-47(34-42)45-20-10-12-22-51(45)55-52)49-29-26-38(37-24-23-35-13-7-8-14-36(35)31-37)32-46(49)39-25-28-44-43-19-9-11-21-48(43)54(50(44)33-39)41-17-5-2-6-18-41/h1-8,10,12-34H,9,11H2. The summed E-state index contributed by atoms with van der Waals surface area (Å²) in [6.07, 6.45) is 6.95. The largest absolute Gasteiger partial charge is 0.310 e. The van der Waals surface area contributed by atoms with Crippen LogP contribution in [0.25, 0.3) is 81.9 Å². The highest BCUT2D eigenvalue weighted by atomic mass is 32.1. The smallest absolute Gasteiger partial charge is 0.0547 e. The summed E-state index contributed by atoms with van der Waals surface area (Å²) in [7, 11) is 0. The molecule has 2 nitrogen and oxygen atoms in total. The molecule has 0 aliphatic heterocycles. The first-order chi connectivity index (χ1) is 27.3. The summed E-state index contributed by atoms with van der Waals surface area (Å²) in [4.78, 5) is 2.44. The van der Waals surface area contributed by atoms with Crippen LogP contribution in [0, 0.1) is 0 Å². The summed E-state index contributed by atoms with van der Waals surface area (Å²) in [5.41, 5.74) is 10.6. The summed E-state index contributed by atoms with van der Waals surface area (Å²) in [5.74, 6) is 0. The van der Waals surface area contributed by atoms with Crippen molar-refractivity contribution in [3.8, 4) is 27.9 Å². The van der Waals surface area contributed by atoms with Gasteiger partial charge in [-0.15, -0.1) is 11.3 Å². The predicted octanol–water partition coefficient (Wildman–Crippen LogP) is 13.3. The number of hydrogen-bond acceptors (Lipinski definition) is 2. The Morgan fingerprint density at radius 2 is 1.16 bits per heavy atom. The number of para-hydroxylation sites is 2. The average molecular weight is 721 g/mol. The summed E-state index contributed by atoms with van der Waals surface area (Å²) >= 11 is 1.86. The Hall–Kier alpha value is -6.68. The SMILES string of the molecule is C1=c2c(n(-c3ccccc3)c3cc(-c4cc(-c5ccc6ccccc6c5)ccc4N(c4ccccc4)c4ccc5sc6ccccc6c5c4)ccc23)=CCC1. The fourth-order valence-electron chi connectivity index (χ4n) is 8.59. The van der Waals surface area contributed by atoms with Gasteiger partial charge >= 0.3 is 0 Å². The monoisotopic (exact) mass is 720 g/mol. The minimum atomic E-state index is 1.05. The van der Waals surface area contributed by atoms with Gasteiger partial charge in [-0.1, -0.05) is 121 Å². The van der Waals surface area contributed by atoms with Crippen molar-refractivity contribution in [3.63, 3.8) is 0 Å². The van der Waals surface area contributed by atoms with Crippen LogP contribution in [0.3, 0.4) is 0 Å². The van der Waals surface area contributed by atoms with Gasteiger partial charge in [0.25, 0.3) is 0 Å². The van der Waals surface area contributed by atoms with Crippen LogP contribution >= 0.6 is 11.3 Å². The van der Waals surface area contributed by atoms with Gasteiger partial charge in [0, 0.05) is 58.8 Å². The van der Waals surface area contributed by atoms with Crippen LogP contribution in [0.1, 0.15) is 12.8 Å². The van der Waals surface area contributed by atoms with Crippen LogP contribution in [0.5, 0.6) is 0 Å². The van der Waals surface area contributed by atoms with E-state index in [-0.39, 0.29) is 0 Å². The third-order valence-electron chi connectivity index (χ3n) is 11.2. The zero-order valence-corrected chi connectivity index (χ0v) is 31.0. The molecule has 2 heterocycles. The summed E-state index contributed by atoms with van der Waals surface area (Å²) < 4.78 is 5.07. The van der Waals surface area contributed by atoms with Gasteiger partial charge in [-0.05, 0) is 113 Å². The van der Waals surface area contributed by atoms with E-state index in [2.05, 4.69) is 204 Å². The fraction of sp³-hybridized carbons (Fsp3) is 0.0385. The minimum Gasteiger partial charge on any atom is -0.310 e. The Kier molecular flexibility index (Phi) is 7.53. The number of nitrogens with zero attached hydrogens (tertiary/aromatic N) is 2. The lowest BCUT2D eigenvalue weighted by molar-refractivity contribution is 1.02. The van der Waals surface area contributed by atoms with Crippen LogP contribution in [0.4, 0.5) is 17.1 Å². The Morgan fingerprint density at radius 1 is 0.455 bits per heavy atom. The third kappa shape index (κ3) is 5.39. The molecule has 8 aromatic carbocycles. The topological polar surface area (TPSA) is 8.17 Å². The maximum absolute atomic E-state index is 2.46. The van der Waals surface area contributed by atoms with E-state index >= 15 is 0 Å². The second kappa shape index (κ2) is 13.0. The minimum absolute atomic E-state index is 1.05. The first-order valence-corrected chi connectivity index (χ1v) is 19.9. The maximum atomic E-state index is 2.46. The Morgan fingerprint density at radius 3 is 2.05 bits per heavy atom. The average Bonchev–Trinajstić information content (AvgIpc) is 3.79.